The first kappa shape index (κ1) is 11.1. The predicted octanol–water partition coefficient (Wildman–Crippen LogP) is 1.24. The van der Waals surface area contributed by atoms with Gasteiger partial charge in [-0.05, 0) is 19.1 Å². The molecule has 0 saturated heterocycles. The van der Waals surface area contributed by atoms with Gasteiger partial charge in [0.25, 0.3) is 5.56 Å². The van der Waals surface area contributed by atoms with Gasteiger partial charge in [-0.2, -0.15) is 4.98 Å². The third-order valence-corrected chi connectivity index (χ3v) is 2.36. The van der Waals surface area contributed by atoms with Crippen LogP contribution in [0.1, 0.15) is 15.9 Å². The van der Waals surface area contributed by atoms with Gasteiger partial charge in [-0.25, -0.2) is 4.79 Å². The molecular formula is C12H10N2O3. The summed E-state index contributed by atoms with van der Waals surface area (Å²) in [6.07, 6.45) is 2.57. The Hall–Kier alpha value is -2.43. The zero-order valence-corrected chi connectivity index (χ0v) is 9.12. The lowest BCUT2D eigenvalue weighted by atomic mass is 10.2. The summed E-state index contributed by atoms with van der Waals surface area (Å²) in [7, 11) is 0. The van der Waals surface area contributed by atoms with Gasteiger partial charge in [-0.15, -0.1) is 0 Å². The highest BCUT2D eigenvalue weighted by Crippen LogP contribution is 2.08. The summed E-state index contributed by atoms with van der Waals surface area (Å²) in [5, 5.41) is 8.83. The number of aromatic carboxylic acids is 1. The normalized spacial score (nSPS) is 10.2. The number of benzene rings is 1. The summed E-state index contributed by atoms with van der Waals surface area (Å²) in [4.78, 5) is 25.5. The van der Waals surface area contributed by atoms with E-state index in [4.69, 9.17) is 5.11 Å². The first-order valence-corrected chi connectivity index (χ1v) is 4.96. The fraction of sp³-hybridized carbons (Fsp3) is 0.0833. The highest BCUT2D eigenvalue weighted by Gasteiger charge is 2.09. The van der Waals surface area contributed by atoms with Gasteiger partial charge >= 0.3 is 5.97 Å². The summed E-state index contributed by atoms with van der Waals surface area (Å²) in [5.41, 5.74) is 0.778. The number of carbonyl (C=O) groups is 1. The second-order valence-electron chi connectivity index (χ2n) is 3.64. The van der Waals surface area contributed by atoms with Crippen molar-refractivity contribution in [3.63, 3.8) is 0 Å². The minimum Gasteiger partial charge on any atom is -0.477 e. The lowest BCUT2D eigenvalue weighted by Gasteiger charge is -2.06. The Bertz CT molecular complexity index is 614. The van der Waals surface area contributed by atoms with E-state index in [2.05, 4.69) is 4.98 Å². The van der Waals surface area contributed by atoms with Crippen LogP contribution in [-0.2, 0) is 0 Å². The standard InChI is InChI=1S/C12H10N2O3/c1-8-2-4-9(5-3-8)14-6-10(12(16)17)11(15)13-7-14/h2-7H,1H3,(H,16,17). The van der Waals surface area contributed by atoms with E-state index in [9.17, 15) is 9.59 Å². The number of carboxylic acids is 1. The van der Waals surface area contributed by atoms with Crippen LogP contribution in [0.5, 0.6) is 0 Å². The Morgan fingerprint density at radius 3 is 2.53 bits per heavy atom. The summed E-state index contributed by atoms with van der Waals surface area (Å²) in [5.74, 6) is -1.27. The summed E-state index contributed by atoms with van der Waals surface area (Å²) in [6, 6.07) is 7.45. The van der Waals surface area contributed by atoms with E-state index in [1.54, 1.807) is 0 Å². The molecule has 2 rings (SSSR count). The van der Waals surface area contributed by atoms with E-state index < -0.39 is 11.5 Å². The van der Waals surface area contributed by atoms with Crippen LogP contribution in [-0.4, -0.2) is 20.6 Å². The van der Waals surface area contributed by atoms with E-state index in [-0.39, 0.29) is 5.56 Å². The van der Waals surface area contributed by atoms with Crippen molar-refractivity contribution in [1.82, 2.24) is 9.55 Å². The molecule has 86 valence electrons. The highest BCUT2D eigenvalue weighted by atomic mass is 16.4. The van der Waals surface area contributed by atoms with E-state index in [1.807, 2.05) is 31.2 Å². The van der Waals surface area contributed by atoms with Crippen LogP contribution in [0, 0.1) is 6.92 Å². The van der Waals surface area contributed by atoms with Crippen molar-refractivity contribution in [2.24, 2.45) is 0 Å². The Morgan fingerprint density at radius 2 is 1.94 bits per heavy atom. The van der Waals surface area contributed by atoms with E-state index in [0.29, 0.717) is 0 Å². The van der Waals surface area contributed by atoms with Crippen LogP contribution < -0.4 is 5.56 Å². The molecule has 0 aliphatic rings. The largest absolute Gasteiger partial charge is 0.477 e. The number of carboxylic acid groups (broad SMARTS) is 1. The number of rotatable bonds is 2. The molecular weight excluding hydrogens is 220 g/mol. The highest BCUT2D eigenvalue weighted by molar-refractivity contribution is 5.86. The maximum atomic E-state index is 11.2. The minimum atomic E-state index is -1.27. The number of aromatic nitrogens is 2. The van der Waals surface area contributed by atoms with Crippen molar-refractivity contribution < 1.29 is 9.90 Å². The molecule has 0 amide bonds. The third kappa shape index (κ3) is 2.23. The average Bonchev–Trinajstić information content (AvgIpc) is 2.30. The van der Waals surface area contributed by atoms with Crippen molar-refractivity contribution in [3.05, 3.63) is 58.3 Å². The van der Waals surface area contributed by atoms with E-state index >= 15 is 0 Å². The Morgan fingerprint density at radius 1 is 1.29 bits per heavy atom. The quantitative estimate of drug-likeness (QED) is 0.842. The van der Waals surface area contributed by atoms with Crippen LogP contribution in [0.4, 0.5) is 0 Å². The van der Waals surface area contributed by atoms with E-state index in [0.717, 1.165) is 11.3 Å². The monoisotopic (exact) mass is 230 g/mol. The molecule has 0 atom stereocenters. The number of hydrogen-bond donors (Lipinski definition) is 1. The molecule has 0 aliphatic carbocycles. The molecule has 0 aliphatic heterocycles. The molecule has 1 N–H and O–H groups in total. The first-order valence-electron chi connectivity index (χ1n) is 4.96. The molecule has 1 aromatic carbocycles. The molecule has 5 nitrogen and oxygen atoms in total. The van der Waals surface area contributed by atoms with Gasteiger partial charge in [0.05, 0.1) is 0 Å². The molecule has 0 fully saturated rings. The number of nitrogens with zero attached hydrogens (tertiary/aromatic N) is 2. The Kier molecular flexibility index (Phi) is 2.74. The van der Waals surface area contributed by atoms with Crippen LogP contribution >= 0.6 is 0 Å². The first-order chi connectivity index (χ1) is 8.08. The number of hydrogen-bond acceptors (Lipinski definition) is 3. The second kappa shape index (κ2) is 4.21. The molecule has 1 heterocycles. The zero-order valence-electron chi connectivity index (χ0n) is 9.12. The van der Waals surface area contributed by atoms with Crippen molar-refractivity contribution in [3.8, 4) is 5.69 Å². The minimum absolute atomic E-state index is 0.340. The van der Waals surface area contributed by atoms with Crippen LogP contribution in [0.25, 0.3) is 5.69 Å². The zero-order chi connectivity index (χ0) is 12.4. The molecule has 1 aromatic heterocycles. The van der Waals surface area contributed by atoms with Crippen molar-refractivity contribution in [1.29, 1.82) is 0 Å². The van der Waals surface area contributed by atoms with Crippen LogP contribution in [0.2, 0.25) is 0 Å². The van der Waals surface area contributed by atoms with Gasteiger partial charge < -0.3 is 9.67 Å². The second-order valence-corrected chi connectivity index (χ2v) is 3.64. The van der Waals surface area contributed by atoms with Gasteiger partial charge in [-0.3, -0.25) is 4.79 Å². The molecule has 0 radical (unpaired) electrons. The van der Waals surface area contributed by atoms with Gasteiger partial charge in [0.2, 0.25) is 0 Å². The van der Waals surface area contributed by atoms with Crippen molar-refractivity contribution in [2.45, 2.75) is 6.92 Å². The smallest absolute Gasteiger partial charge is 0.342 e. The average molecular weight is 230 g/mol. The van der Waals surface area contributed by atoms with Crippen LogP contribution in [0.3, 0.4) is 0 Å². The van der Waals surface area contributed by atoms with Gasteiger partial charge in [0.1, 0.15) is 11.9 Å². The maximum absolute atomic E-state index is 11.2. The van der Waals surface area contributed by atoms with Gasteiger partial charge in [0.15, 0.2) is 0 Å². The topological polar surface area (TPSA) is 72.2 Å². The molecule has 0 unspecified atom stereocenters. The SMILES string of the molecule is Cc1ccc(-n2cnc(=O)c(C(=O)O)c2)cc1. The molecule has 17 heavy (non-hydrogen) atoms. The van der Waals surface area contributed by atoms with Crippen molar-refractivity contribution >= 4 is 5.97 Å². The Labute approximate surface area is 97.0 Å². The van der Waals surface area contributed by atoms with Crippen LogP contribution in [0.15, 0.2) is 41.6 Å². The molecule has 0 saturated carbocycles. The molecule has 0 spiro atoms. The fourth-order valence-electron chi connectivity index (χ4n) is 1.42. The van der Waals surface area contributed by atoms with E-state index in [1.165, 1.54) is 17.1 Å². The lowest BCUT2D eigenvalue weighted by molar-refractivity contribution is 0.0694. The summed E-state index contributed by atoms with van der Waals surface area (Å²) < 4.78 is 1.50. The summed E-state index contributed by atoms with van der Waals surface area (Å²) >= 11 is 0. The van der Waals surface area contributed by atoms with Gasteiger partial charge in [0, 0.05) is 11.9 Å². The lowest BCUT2D eigenvalue weighted by Crippen LogP contribution is -2.19. The molecule has 0 bridgehead atoms. The van der Waals surface area contributed by atoms with Gasteiger partial charge in [-0.1, -0.05) is 17.7 Å². The molecule has 5 heteroatoms. The van der Waals surface area contributed by atoms with Crippen molar-refractivity contribution in [2.75, 3.05) is 0 Å². The third-order valence-electron chi connectivity index (χ3n) is 2.36. The number of aryl methyl sites for hydroxylation is 1. The fourth-order valence-corrected chi connectivity index (χ4v) is 1.42. The summed E-state index contributed by atoms with van der Waals surface area (Å²) in [6.45, 7) is 1.95. The Balaban J connectivity index is 2.53. The molecule has 2 aromatic rings. The predicted molar refractivity (Wildman–Crippen MR) is 61.5 cm³/mol. The maximum Gasteiger partial charge on any atom is 0.342 e.